The van der Waals surface area contributed by atoms with Gasteiger partial charge in [-0.05, 0) is 31.2 Å². The highest BCUT2D eigenvalue weighted by molar-refractivity contribution is 6.02. The highest BCUT2D eigenvalue weighted by atomic mass is 19.4. The first-order valence-corrected chi connectivity index (χ1v) is 12.8. The van der Waals surface area contributed by atoms with Crippen molar-refractivity contribution in [3.63, 3.8) is 0 Å². The summed E-state index contributed by atoms with van der Waals surface area (Å²) in [6.45, 7) is 1.64. The van der Waals surface area contributed by atoms with Crippen LogP contribution in [0.5, 0.6) is 5.88 Å². The van der Waals surface area contributed by atoms with Crippen molar-refractivity contribution < 1.29 is 32.5 Å². The maximum atomic E-state index is 13.8. The first-order valence-electron chi connectivity index (χ1n) is 12.8. The number of amides is 2. The van der Waals surface area contributed by atoms with Crippen molar-refractivity contribution in [1.29, 1.82) is 0 Å². The number of aliphatic hydroxyl groups is 1. The number of rotatable bonds is 9. The van der Waals surface area contributed by atoms with Gasteiger partial charge in [-0.15, -0.1) is 5.10 Å². The van der Waals surface area contributed by atoms with Crippen molar-refractivity contribution in [2.24, 2.45) is 0 Å². The molecule has 0 bridgehead atoms. The van der Waals surface area contributed by atoms with E-state index in [1.807, 2.05) is 6.07 Å². The molecule has 0 saturated carbocycles. The summed E-state index contributed by atoms with van der Waals surface area (Å²) in [5.41, 5.74) is 0.450. The fourth-order valence-electron chi connectivity index (χ4n) is 4.38. The Hall–Kier alpha value is -4.88. The number of imidazole rings is 1. The molecule has 2 amide bonds. The molecule has 13 heteroatoms. The van der Waals surface area contributed by atoms with E-state index in [0.29, 0.717) is 16.8 Å². The minimum absolute atomic E-state index is 0.0439. The largest absolute Gasteiger partial charge is 0.474 e. The van der Waals surface area contributed by atoms with E-state index in [1.54, 1.807) is 61.5 Å². The molecule has 5 aromatic rings. The number of hydrogen-bond acceptors (Lipinski definition) is 6. The second-order valence-corrected chi connectivity index (χ2v) is 9.31. The van der Waals surface area contributed by atoms with E-state index in [2.05, 4.69) is 20.7 Å². The molecule has 10 nitrogen and oxygen atoms in total. The van der Waals surface area contributed by atoms with Gasteiger partial charge < -0.3 is 14.6 Å². The van der Waals surface area contributed by atoms with Crippen LogP contribution in [0.3, 0.4) is 0 Å². The number of pyridine rings is 1. The molecule has 0 fully saturated rings. The third-order valence-corrected chi connectivity index (χ3v) is 6.32. The molecule has 0 aliphatic heterocycles. The minimum atomic E-state index is -4.66. The molecule has 218 valence electrons. The number of fused-ring (bicyclic) bond motifs is 1. The number of carbonyl (C=O) groups excluding carboxylic acids is 1. The average molecular weight is 581 g/mol. The van der Waals surface area contributed by atoms with Crippen molar-refractivity contribution in [2.45, 2.75) is 19.2 Å². The van der Waals surface area contributed by atoms with Gasteiger partial charge in [0.15, 0.2) is 5.65 Å². The summed E-state index contributed by atoms with van der Waals surface area (Å²) in [6.07, 6.45) is -4.16. The molecule has 0 spiro atoms. The van der Waals surface area contributed by atoms with Crippen LogP contribution in [0.2, 0.25) is 0 Å². The number of aliphatic hydroxyl groups excluding tert-OH is 1. The predicted octanol–water partition coefficient (Wildman–Crippen LogP) is 5.54. The van der Waals surface area contributed by atoms with E-state index in [4.69, 9.17) is 9.47 Å². The van der Waals surface area contributed by atoms with Gasteiger partial charge in [0.05, 0.1) is 23.4 Å². The van der Waals surface area contributed by atoms with Gasteiger partial charge >= 0.3 is 12.2 Å². The van der Waals surface area contributed by atoms with Crippen LogP contribution in [0.15, 0.2) is 79.0 Å². The minimum Gasteiger partial charge on any atom is -0.474 e. The monoisotopic (exact) mass is 580 g/mol. The van der Waals surface area contributed by atoms with E-state index in [9.17, 15) is 23.1 Å². The van der Waals surface area contributed by atoms with E-state index in [1.165, 1.54) is 28.5 Å². The van der Waals surface area contributed by atoms with Crippen molar-refractivity contribution in [3.05, 3.63) is 90.1 Å². The Kier molecular flexibility index (Phi) is 8.13. The highest BCUT2D eigenvalue weighted by Crippen LogP contribution is 2.37. The zero-order chi connectivity index (χ0) is 29.9. The maximum absolute atomic E-state index is 13.8. The molecule has 3 aromatic heterocycles. The topological polar surface area (TPSA) is 115 Å². The van der Waals surface area contributed by atoms with E-state index < -0.39 is 23.9 Å². The molecule has 0 aliphatic carbocycles. The summed E-state index contributed by atoms with van der Waals surface area (Å²) < 4.78 is 54.8. The van der Waals surface area contributed by atoms with Crippen molar-refractivity contribution >= 4 is 23.3 Å². The van der Waals surface area contributed by atoms with Crippen LogP contribution >= 0.6 is 0 Å². The Bertz CT molecular complexity index is 1690. The summed E-state index contributed by atoms with van der Waals surface area (Å²) in [4.78, 5) is 17.7. The zero-order valence-electron chi connectivity index (χ0n) is 22.6. The number of anilines is 2. The number of hydrogen-bond donors (Lipinski definition) is 3. The van der Waals surface area contributed by atoms with Crippen molar-refractivity contribution in [2.75, 3.05) is 31.0 Å². The van der Waals surface area contributed by atoms with Crippen LogP contribution < -0.4 is 15.4 Å². The molecule has 2 aromatic carbocycles. The fourth-order valence-corrected chi connectivity index (χ4v) is 4.38. The van der Waals surface area contributed by atoms with E-state index in [0.717, 1.165) is 6.07 Å². The van der Waals surface area contributed by atoms with Gasteiger partial charge in [-0.1, -0.05) is 48.5 Å². The number of nitrogens with one attached hydrogen (secondary N) is 2. The lowest BCUT2D eigenvalue weighted by molar-refractivity contribution is -0.136. The molecule has 1 atom stereocenters. The highest BCUT2D eigenvalue weighted by Gasteiger charge is 2.35. The van der Waals surface area contributed by atoms with Crippen molar-refractivity contribution in [1.82, 2.24) is 19.2 Å². The lowest BCUT2D eigenvalue weighted by Gasteiger charge is -2.12. The molecule has 0 unspecified atom stereocenters. The number of alkyl halides is 3. The molecular formula is C29H27F3N6O4. The number of carbonyl (C=O) groups is 1. The maximum Gasteiger partial charge on any atom is 0.419 e. The van der Waals surface area contributed by atoms with Crippen LogP contribution in [0.4, 0.5) is 29.6 Å². The number of para-hydroxylation sites is 1. The number of halogens is 3. The predicted molar refractivity (Wildman–Crippen MR) is 150 cm³/mol. The van der Waals surface area contributed by atoms with Crippen LogP contribution in [-0.4, -0.2) is 56.7 Å². The van der Waals surface area contributed by atoms with Gasteiger partial charge in [-0.25, -0.2) is 14.5 Å². The van der Waals surface area contributed by atoms with E-state index in [-0.39, 0.29) is 42.1 Å². The molecule has 0 aliphatic rings. The van der Waals surface area contributed by atoms with Crippen LogP contribution in [-0.2, 0) is 10.9 Å². The standard InChI is InChI=1S/C29H27F3N6O4/c1-18-24(38(20-12-7-4-8-13-20)36-27(18)42-17-21(39)16-41-2)34-28(40)35-26-23(19-10-5-3-6-11-19)33-25-22(29(30,31)32)14-9-15-37(25)26/h3-15,21,39H,16-17H2,1-2H3,(H2,34,35,40)/t21-/m0/s1. The fraction of sp³-hybridized carbons (Fsp3) is 0.207. The van der Waals surface area contributed by atoms with Gasteiger partial charge in [0.1, 0.15) is 30.0 Å². The molecule has 0 saturated heterocycles. The van der Waals surface area contributed by atoms with Crippen LogP contribution in [0, 0.1) is 6.92 Å². The Balaban J connectivity index is 1.52. The summed E-state index contributed by atoms with van der Waals surface area (Å²) in [6, 6.07) is 19.0. The SMILES string of the molecule is COC[C@H](O)COc1nn(-c2ccccc2)c(NC(=O)Nc2c(-c3ccccc3)nc3c(C(F)(F)F)cccn23)c1C. The lowest BCUT2D eigenvalue weighted by Crippen LogP contribution is -2.23. The van der Waals surface area contributed by atoms with Crippen LogP contribution in [0.1, 0.15) is 11.1 Å². The normalized spacial score (nSPS) is 12.3. The number of urea groups is 1. The second kappa shape index (κ2) is 11.9. The third-order valence-electron chi connectivity index (χ3n) is 6.32. The first kappa shape index (κ1) is 28.6. The number of methoxy groups -OCH3 is 1. The van der Waals surface area contributed by atoms with Gasteiger partial charge in [-0.3, -0.25) is 15.0 Å². The summed E-state index contributed by atoms with van der Waals surface area (Å²) >= 11 is 0. The van der Waals surface area contributed by atoms with Gasteiger partial charge in [0, 0.05) is 18.9 Å². The summed E-state index contributed by atoms with van der Waals surface area (Å²) in [7, 11) is 1.45. The Morgan fingerprint density at radius 1 is 0.976 bits per heavy atom. The molecule has 3 heterocycles. The summed E-state index contributed by atoms with van der Waals surface area (Å²) in [5, 5.41) is 19.9. The molecule has 5 rings (SSSR count). The molecule has 3 N–H and O–H groups in total. The van der Waals surface area contributed by atoms with Gasteiger partial charge in [0.2, 0.25) is 5.88 Å². The van der Waals surface area contributed by atoms with Gasteiger partial charge in [-0.2, -0.15) is 13.2 Å². The number of aromatic nitrogens is 4. The number of nitrogens with zero attached hydrogens (tertiary/aromatic N) is 4. The van der Waals surface area contributed by atoms with Crippen molar-refractivity contribution in [3.8, 4) is 22.8 Å². The summed E-state index contributed by atoms with van der Waals surface area (Å²) in [5.74, 6) is 0.460. The smallest absolute Gasteiger partial charge is 0.419 e. The van der Waals surface area contributed by atoms with E-state index >= 15 is 0 Å². The quantitative estimate of drug-likeness (QED) is 0.211. The number of benzene rings is 2. The lowest BCUT2D eigenvalue weighted by atomic mass is 10.1. The molecule has 0 radical (unpaired) electrons. The third kappa shape index (κ3) is 5.92. The Morgan fingerprint density at radius 2 is 1.64 bits per heavy atom. The average Bonchev–Trinajstić information content (AvgIpc) is 3.49. The molecule has 42 heavy (non-hydrogen) atoms. The Labute approximate surface area is 238 Å². The molecular weight excluding hydrogens is 553 g/mol. The van der Waals surface area contributed by atoms with Crippen LogP contribution in [0.25, 0.3) is 22.6 Å². The Morgan fingerprint density at radius 3 is 2.31 bits per heavy atom. The second-order valence-electron chi connectivity index (χ2n) is 9.31. The first-order chi connectivity index (χ1) is 20.2. The zero-order valence-corrected chi connectivity index (χ0v) is 22.6. The van der Waals surface area contributed by atoms with Gasteiger partial charge in [0.25, 0.3) is 0 Å². The number of ether oxygens (including phenoxy) is 2.